The topological polar surface area (TPSA) is 26.0 Å². The first kappa shape index (κ1) is 11.8. The molecule has 4 rings (SSSR count). The van der Waals surface area contributed by atoms with Crippen LogP contribution in [0.15, 0.2) is 12.1 Å². The van der Waals surface area contributed by atoms with Gasteiger partial charge in [0.15, 0.2) is 17.5 Å². The molecule has 1 nitrogen and oxygen atoms in total. The van der Waals surface area contributed by atoms with Crippen LogP contribution in [0.4, 0.5) is 13.2 Å². The van der Waals surface area contributed by atoms with Gasteiger partial charge in [-0.15, -0.1) is 0 Å². The van der Waals surface area contributed by atoms with Gasteiger partial charge < -0.3 is 5.73 Å². The molecule has 0 aromatic heterocycles. The minimum atomic E-state index is -1.40. The Balaban J connectivity index is 1.63. The molecule has 3 fully saturated rings. The van der Waals surface area contributed by atoms with Crippen molar-refractivity contribution in [2.24, 2.45) is 35.3 Å². The highest BCUT2D eigenvalue weighted by Crippen LogP contribution is 2.71. The molecule has 0 heterocycles. The van der Waals surface area contributed by atoms with Crippen LogP contribution in [-0.2, 0) is 0 Å². The van der Waals surface area contributed by atoms with Gasteiger partial charge in [-0.25, -0.2) is 13.2 Å². The van der Waals surface area contributed by atoms with E-state index in [9.17, 15) is 13.2 Å². The highest BCUT2D eigenvalue weighted by Gasteiger charge is 2.66. The summed E-state index contributed by atoms with van der Waals surface area (Å²) in [4.78, 5) is 0. The van der Waals surface area contributed by atoms with E-state index in [-0.39, 0.29) is 11.5 Å². The average Bonchev–Trinajstić information content (AvgIpc) is 2.84. The van der Waals surface area contributed by atoms with Crippen molar-refractivity contribution in [3.8, 4) is 0 Å². The van der Waals surface area contributed by atoms with Gasteiger partial charge in [-0.1, -0.05) is 6.07 Å². The third-order valence-corrected chi connectivity index (χ3v) is 5.63. The minimum Gasteiger partial charge on any atom is -0.324 e. The standard InChI is InChI=1S/C15H16F3N/c16-9-4-3-8(13(17)14(9)18)15(19)12-10-6-1-2-7(5-6)11(10)12/h3-4,6-7,10-12,15H,1-2,5,19H2. The van der Waals surface area contributed by atoms with Crippen molar-refractivity contribution < 1.29 is 13.2 Å². The highest BCUT2D eigenvalue weighted by atomic mass is 19.2. The highest BCUT2D eigenvalue weighted by molar-refractivity contribution is 5.28. The van der Waals surface area contributed by atoms with E-state index >= 15 is 0 Å². The summed E-state index contributed by atoms with van der Waals surface area (Å²) in [5, 5.41) is 0. The molecule has 0 aliphatic heterocycles. The van der Waals surface area contributed by atoms with Crippen molar-refractivity contribution in [2.45, 2.75) is 25.3 Å². The van der Waals surface area contributed by atoms with Gasteiger partial charge in [-0.2, -0.15) is 0 Å². The second kappa shape index (κ2) is 3.75. The molecule has 102 valence electrons. The third kappa shape index (κ3) is 1.46. The summed E-state index contributed by atoms with van der Waals surface area (Å²) in [7, 11) is 0. The van der Waals surface area contributed by atoms with Crippen LogP contribution in [0.5, 0.6) is 0 Å². The lowest BCUT2D eigenvalue weighted by molar-refractivity contribution is 0.394. The Morgan fingerprint density at radius 2 is 1.63 bits per heavy atom. The van der Waals surface area contributed by atoms with Crippen molar-refractivity contribution >= 4 is 0 Å². The SMILES string of the molecule is NC(c1ccc(F)c(F)c1F)C1C2C3CCC(C3)C21. The molecule has 3 aliphatic rings. The van der Waals surface area contributed by atoms with Crippen LogP contribution < -0.4 is 5.73 Å². The van der Waals surface area contributed by atoms with E-state index in [0.29, 0.717) is 11.8 Å². The summed E-state index contributed by atoms with van der Waals surface area (Å²) in [6.45, 7) is 0. The van der Waals surface area contributed by atoms with E-state index < -0.39 is 23.5 Å². The Hall–Kier alpha value is -1.03. The summed E-state index contributed by atoms with van der Waals surface area (Å²) < 4.78 is 40.0. The van der Waals surface area contributed by atoms with Crippen LogP contribution in [0, 0.1) is 47.0 Å². The van der Waals surface area contributed by atoms with Crippen LogP contribution in [0.1, 0.15) is 30.9 Å². The number of rotatable bonds is 2. The van der Waals surface area contributed by atoms with E-state index in [2.05, 4.69) is 0 Å². The molecule has 1 aromatic rings. The van der Waals surface area contributed by atoms with Crippen LogP contribution in [0.3, 0.4) is 0 Å². The quantitative estimate of drug-likeness (QED) is 0.817. The summed E-state index contributed by atoms with van der Waals surface area (Å²) in [5.41, 5.74) is 6.27. The van der Waals surface area contributed by atoms with Crippen molar-refractivity contribution in [3.63, 3.8) is 0 Å². The second-order valence-electron chi connectivity index (χ2n) is 6.36. The zero-order valence-corrected chi connectivity index (χ0v) is 10.5. The van der Waals surface area contributed by atoms with Gasteiger partial charge in [0.05, 0.1) is 0 Å². The Kier molecular flexibility index (Phi) is 2.32. The molecule has 19 heavy (non-hydrogen) atoms. The summed E-state index contributed by atoms with van der Waals surface area (Å²) >= 11 is 0. The van der Waals surface area contributed by atoms with Crippen LogP contribution >= 0.6 is 0 Å². The summed E-state index contributed by atoms with van der Waals surface area (Å²) in [6, 6.07) is 1.78. The van der Waals surface area contributed by atoms with Gasteiger partial charge in [0.2, 0.25) is 0 Å². The fourth-order valence-corrected chi connectivity index (χ4v) is 4.88. The van der Waals surface area contributed by atoms with Gasteiger partial charge in [0, 0.05) is 11.6 Å². The number of hydrogen-bond acceptors (Lipinski definition) is 1. The van der Waals surface area contributed by atoms with E-state index in [1.54, 1.807) is 0 Å². The van der Waals surface area contributed by atoms with Crippen LogP contribution in [0.25, 0.3) is 0 Å². The van der Waals surface area contributed by atoms with Gasteiger partial charge in [-0.05, 0) is 54.9 Å². The first-order chi connectivity index (χ1) is 9.09. The zero-order chi connectivity index (χ0) is 13.3. The molecule has 4 heteroatoms. The normalized spacial score (nSPS) is 40.3. The Bertz CT molecular complexity index is 528. The molecule has 2 N–H and O–H groups in total. The van der Waals surface area contributed by atoms with Crippen molar-refractivity contribution in [1.82, 2.24) is 0 Å². The molecule has 0 radical (unpaired) electrons. The van der Waals surface area contributed by atoms with Crippen LogP contribution in [-0.4, -0.2) is 0 Å². The number of nitrogens with two attached hydrogens (primary N) is 1. The third-order valence-electron chi connectivity index (χ3n) is 5.63. The van der Waals surface area contributed by atoms with Crippen molar-refractivity contribution in [3.05, 3.63) is 35.1 Å². The molecular weight excluding hydrogens is 251 g/mol. The van der Waals surface area contributed by atoms with Crippen LogP contribution in [0.2, 0.25) is 0 Å². The molecule has 0 saturated heterocycles. The number of hydrogen-bond donors (Lipinski definition) is 1. The molecule has 3 aliphatic carbocycles. The van der Waals surface area contributed by atoms with Gasteiger partial charge >= 0.3 is 0 Å². The van der Waals surface area contributed by atoms with Gasteiger partial charge in [-0.3, -0.25) is 0 Å². The zero-order valence-electron chi connectivity index (χ0n) is 10.5. The lowest BCUT2D eigenvalue weighted by Crippen LogP contribution is -2.19. The van der Waals surface area contributed by atoms with Crippen molar-refractivity contribution in [2.75, 3.05) is 0 Å². The number of fused-ring (bicyclic) bond motifs is 5. The maximum absolute atomic E-state index is 13.8. The largest absolute Gasteiger partial charge is 0.324 e. The lowest BCUT2D eigenvalue weighted by Gasteiger charge is -2.17. The smallest absolute Gasteiger partial charge is 0.194 e. The van der Waals surface area contributed by atoms with Gasteiger partial charge in [0.1, 0.15) is 0 Å². The lowest BCUT2D eigenvalue weighted by atomic mass is 9.93. The van der Waals surface area contributed by atoms with Gasteiger partial charge in [0.25, 0.3) is 0 Å². The molecular formula is C15H16F3N. The maximum atomic E-state index is 13.8. The predicted molar refractivity (Wildman–Crippen MR) is 64.5 cm³/mol. The first-order valence-corrected chi connectivity index (χ1v) is 6.98. The minimum absolute atomic E-state index is 0.137. The molecule has 0 amide bonds. The van der Waals surface area contributed by atoms with E-state index in [4.69, 9.17) is 5.73 Å². The fourth-order valence-electron chi connectivity index (χ4n) is 4.88. The second-order valence-corrected chi connectivity index (χ2v) is 6.36. The molecule has 5 atom stereocenters. The van der Waals surface area contributed by atoms with Crippen molar-refractivity contribution in [1.29, 1.82) is 0 Å². The molecule has 3 saturated carbocycles. The monoisotopic (exact) mass is 267 g/mol. The molecule has 0 spiro atoms. The Morgan fingerprint density at radius 3 is 2.26 bits per heavy atom. The van der Waals surface area contributed by atoms with E-state index in [1.807, 2.05) is 0 Å². The van der Waals surface area contributed by atoms with E-state index in [0.717, 1.165) is 17.9 Å². The maximum Gasteiger partial charge on any atom is 0.194 e. The fraction of sp³-hybridized carbons (Fsp3) is 0.600. The van der Waals surface area contributed by atoms with E-state index in [1.165, 1.54) is 25.3 Å². The Labute approximate surface area is 110 Å². The number of halogens is 3. The number of benzene rings is 1. The molecule has 1 aromatic carbocycles. The molecule has 5 unspecified atom stereocenters. The Morgan fingerprint density at radius 1 is 1.00 bits per heavy atom. The molecule has 2 bridgehead atoms. The predicted octanol–water partition coefficient (Wildman–Crippen LogP) is 3.40. The first-order valence-electron chi connectivity index (χ1n) is 6.98. The summed E-state index contributed by atoms with van der Waals surface area (Å²) in [5.74, 6) is -0.719. The summed E-state index contributed by atoms with van der Waals surface area (Å²) in [6.07, 6.45) is 3.81. The average molecular weight is 267 g/mol.